The van der Waals surface area contributed by atoms with Crippen LogP contribution >= 0.6 is 0 Å². The largest absolute Gasteiger partial charge is 0.380 e. The SMILES string of the molecule is Cc1ccc(N/N=C(\N)c2cnccn2)cc1. The third-order valence-corrected chi connectivity index (χ3v) is 2.18. The summed E-state index contributed by atoms with van der Waals surface area (Å²) in [6.45, 7) is 2.03. The predicted molar refractivity (Wildman–Crippen MR) is 67.6 cm³/mol. The number of aryl methyl sites for hydroxylation is 1. The van der Waals surface area contributed by atoms with Crippen LogP contribution in [-0.2, 0) is 0 Å². The van der Waals surface area contributed by atoms with E-state index in [0.717, 1.165) is 5.69 Å². The van der Waals surface area contributed by atoms with Crippen LogP contribution in [0.1, 0.15) is 11.3 Å². The molecule has 3 N–H and O–H groups in total. The van der Waals surface area contributed by atoms with Crippen LogP contribution in [-0.4, -0.2) is 15.8 Å². The number of anilines is 1. The fourth-order valence-corrected chi connectivity index (χ4v) is 1.24. The molecule has 86 valence electrons. The number of hydrazone groups is 1. The summed E-state index contributed by atoms with van der Waals surface area (Å²) in [6, 6.07) is 7.86. The van der Waals surface area contributed by atoms with Crippen molar-refractivity contribution in [2.75, 3.05) is 5.43 Å². The summed E-state index contributed by atoms with van der Waals surface area (Å²) in [7, 11) is 0. The maximum atomic E-state index is 5.76. The summed E-state index contributed by atoms with van der Waals surface area (Å²) in [5.41, 5.74) is 11.2. The maximum absolute atomic E-state index is 5.76. The van der Waals surface area contributed by atoms with Crippen LogP contribution in [0.3, 0.4) is 0 Å². The van der Waals surface area contributed by atoms with Gasteiger partial charge in [-0.15, -0.1) is 0 Å². The standard InChI is InChI=1S/C12H13N5/c1-9-2-4-10(5-3-9)16-17-12(13)11-8-14-6-7-15-11/h2-8,16H,1H3,(H2,13,17). The van der Waals surface area contributed by atoms with Gasteiger partial charge in [-0.3, -0.25) is 10.4 Å². The van der Waals surface area contributed by atoms with Crippen LogP contribution in [0.15, 0.2) is 48.0 Å². The van der Waals surface area contributed by atoms with Gasteiger partial charge in [0.2, 0.25) is 0 Å². The molecule has 0 saturated carbocycles. The van der Waals surface area contributed by atoms with E-state index in [1.807, 2.05) is 31.2 Å². The smallest absolute Gasteiger partial charge is 0.171 e. The number of hydrogen-bond donors (Lipinski definition) is 2. The summed E-state index contributed by atoms with van der Waals surface area (Å²) >= 11 is 0. The summed E-state index contributed by atoms with van der Waals surface area (Å²) in [4.78, 5) is 7.97. The molecule has 0 fully saturated rings. The van der Waals surface area contributed by atoms with Crippen LogP contribution in [0.25, 0.3) is 0 Å². The van der Waals surface area contributed by atoms with Gasteiger partial charge in [-0.05, 0) is 19.1 Å². The molecular formula is C12H13N5. The Balaban J connectivity index is 2.08. The van der Waals surface area contributed by atoms with Crippen LogP contribution in [0, 0.1) is 6.92 Å². The average molecular weight is 227 g/mol. The maximum Gasteiger partial charge on any atom is 0.171 e. The fraction of sp³-hybridized carbons (Fsp3) is 0.0833. The predicted octanol–water partition coefficient (Wildman–Crippen LogP) is 1.52. The van der Waals surface area contributed by atoms with E-state index in [-0.39, 0.29) is 0 Å². The van der Waals surface area contributed by atoms with Gasteiger partial charge >= 0.3 is 0 Å². The third-order valence-electron chi connectivity index (χ3n) is 2.18. The van der Waals surface area contributed by atoms with E-state index >= 15 is 0 Å². The molecule has 5 heteroatoms. The molecule has 2 aromatic rings. The number of amidine groups is 1. The summed E-state index contributed by atoms with van der Waals surface area (Å²) in [6.07, 6.45) is 4.73. The van der Waals surface area contributed by atoms with Gasteiger partial charge in [0.05, 0.1) is 11.9 Å². The molecule has 0 aliphatic rings. The second kappa shape index (κ2) is 5.07. The number of nitrogens with one attached hydrogen (secondary N) is 1. The van der Waals surface area contributed by atoms with E-state index in [0.29, 0.717) is 11.5 Å². The third kappa shape index (κ3) is 3.01. The minimum absolute atomic E-state index is 0.304. The molecule has 0 bridgehead atoms. The van der Waals surface area contributed by atoms with Crippen molar-refractivity contribution < 1.29 is 0 Å². The van der Waals surface area contributed by atoms with Crippen molar-refractivity contribution in [3.8, 4) is 0 Å². The van der Waals surface area contributed by atoms with Gasteiger partial charge in [0, 0.05) is 12.4 Å². The van der Waals surface area contributed by atoms with Crippen molar-refractivity contribution in [1.29, 1.82) is 0 Å². The lowest BCUT2D eigenvalue weighted by Gasteiger charge is -2.02. The first-order valence-corrected chi connectivity index (χ1v) is 5.18. The van der Waals surface area contributed by atoms with Gasteiger partial charge in [-0.2, -0.15) is 5.10 Å². The first-order valence-electron chi connectivity index (χ1n) is 5.18. The van der Waals surface area contributed by atoms with E-state index in [1.54, 1.807) is 18.6 Å². The topological polar surface area (TPSA) is 76.2 Å². The second-order valence-electron chi connectivity index (χ2n) is 3.57. The normalized spacial score (nSPS) is 11.2. The Kier molecular flexibility index (Phi) is 3.30. The second-order valence-corrected chi connectivity index (χ2v) is 3.57. The number of rotatable bonds is 3. The highest BCUT2D eigenvalue weighted by Crippen LogP contribution is 2.08. The van der Waals surface area contributed by atoms with Crippen molar-refractivity contribution in [3.05, 3.63) is 54.1 Å². The lowest BCUT2D eigenvalue weighted by molar-refractivity contribution is 1.16. The molecule has 1 aromatic carbocycles. The lowest BCUT2D eigenvalue weighted by atomic mass is 10.2. The van der Waals surface area contributed by atoms with Crippen molar-refractivity contribution in [1.82, 2.24) is 9.97 Å². The Morgan fingerprint density at radius 3 is 2.65 bits per heavy atom. The summed E-state index contributed by atoms with van der Waals surface area (Å²) < 4.78 is 0. The molecule has 0 saturated heterocycles. The van der Waals surface area contributed by atoms with E-state index < -0.39 is 0 Å². The molecule has 17 heavy (non-hydrogen) atoms. The molecule has 1 aromatic heterocycles. The monoisotopic (exact) mass is 227 g/mol. The molecule has 1 heterocycles. The van der Waals surface area contributed by atoms with Gasteiger partial charge in [0.1, 0.15) is 5.69 Å². The molecule has 0 aliphatic heterocycles. The summed E-state index contributed by atoms with van der Waals surface area (Å²) in [5, 5.41) is 4.04. The highest BCUT2D eigenvalue weighted by atomic mass is 15.3. The fourth-order valence-electron chi connectivity index (χ4n) is 1.24. The van der Waals surface area contributed by atoms with E-state index in [2.05, 4.69) is 20.5 Å². The number of nitrogens with zero attached hydrogens (tertiary/aromatic N) is 3. The molecule has 0 unspecified atom stereocenters. The van der Waals surface area contributed by atoms with E-state index in [4.69, 9.17) is 5.73 Å². The zero-order chi connectivity index (χ0) is 12.1. The van der Waals surface area contributed by atoms with Gasteiger partial charge < -0.3 is 5.73 Å². The minimum Gasteiger partial charge on any atom is -0.380 e. The van der Waals surface area contributed by atoms with Gasteiger partial charge in [0.15, 0.2) is 5.84 Å². The van der Waals surface area contributed by atoms with E-state index in [9.17, 15) is 0 Å². The zero-order valence-electron chi connectivity index (χ0n) is 9.46. The highest BCUT2D eigenvalue weighted by Gasteiger charge is 1.98. The minimum atomic E-state index is 0.304. The first kappa shape index (κ1) is 11.1. The van der Waals surface area contributed by atoms with Crippen LogP contribution < -0.4 is 11.2 Å². The number of hydrogen-bond acceptors (Lipinski definition) is 4. The van der Waals surface area contributed by atoms with Crippen LogP contribution in [0.5, 0.6) is 0 Å². The molecule has 5 nitrogen and oxygen atoms in total. The molecular weight excluding hydrogens is 214 g/mol. The zero-order valence-corrected chi connectivity index (χ0v) is 9.46. The quantitative estimate of drug-likeness (QED) is 0.473. The molecule has 0 aliphatic carbocycles. The molecule has 0 spiro atoms. The van der Waals surface area contributed by atoms with Crippen molar-refractivity contribution in [2.24, 2.45) is 10.8 Å². The van der Waals surface area contributed by atoms with Crippen LogP contribution in [0.2, 0.25) is 0 Å². The molecule has 0 amide bonds. The van der Waals surface area contributed by atoms with Crippen molar-refractivity contribution in [2.45, 2.75) is 6.92 Å². The first-order chi connectivity index (χ1) is 8.25. The number of nitrogens with two attached hydrogens (primary N) is 1. The Morgan fingerprint density at radius 2 is 2.00 bits per heavy atom. The van der Waals surface area contributed by atoms with Crippen LogP contribution in [0.4, 0.5) is 5.69 Å². The van der Waals surface area contributed by atoms with E-state index in [1.165, 1.54) is 5.56 Å². The molecule has 0 radical (unpaired) electrons. The summed E-state index contributed by atoms with van der Waals surface area (Å²) in [5.74, 6) is 0.304. The molecule has 0 atom stereocenters. The van der Waals surface area contributed by atoms with Gasteiger partial charge in [-0.25, -0.2) is 4.98 Å². The number of aromatic nitrogens is 2. The van der Waals surface area contributed by atoms with Gasteiger partial charge in [-0.1, -0.05) is 17.7 Å². The highest BCUT2D eigenvalue weighted by molar-refractivity contribution is 5.95. The molecule has 2 rings (SSSR count). The van der Waals surface area contributed by atoms with Crippen molar-refractivity contribution >= 4 is 11.5 Å². The Morgan fingerprint density at radius 1 is 1.24 bits per heavy atom. The van der Waals surface area contributed by atoms with Crippen molar-refractivity contribution in [3.63, 3.8) is 0 Å². The average Bonchev–Trinajstić information content (AvgIpc) is 2.39. The lowest BCUT2D eigenvalue weighted by Crippen LogP contribution is -2.17. The Bertz CT molecular complexity index is 504. The Labute approximate surface area is 99.4 Å². The van der Waals surface area contributed by atoms with Gasteiger partial charge in [0.25, 0.3) is 0 Å². The Hall–Kier alpha value is -2.43. The number of benzene rings is 1.